The SMILES string of the molecule is Cc1cc(N(C)CC2CC3CCC2C3)nc(Cl)n1. The summed E-state index contributed by atoms with van der Waals surface area (Å²) in [5, 5.41) is 0.352. The van der Waals surface area contributed by atoms with Gasteiger partial charge in [-0.05, 0) is 55.5 Å². The van der Waals surface area contributed by atoms with E-state index in [-0.39, 0.29) is 0 Å². The third-order valence-corrected chi connectivity index (χ3v) is 4.77. The van der Waals surface area contributed by atoms with Gasteiger partial charge in [0.1, 0.15) is 5.82 Å². The maximum atomic E-state index is 5.92. The van der Waals surface area contributed by atoms with Crippen LogP contribution in [0.5, 0.6) is 0 Å². The average molecular weight is 266 g/mol. The van der Waals surface area contributed by atoms with E-state index < -0.39 is 0 Å². The number of anilines is 1. The Bertz CT molecular complexity index is 428. The van der Waals surface area contributed by atoms with Gasteiger partial charge in [-0.1, -0.05) is 6.42 Å². The van der Waals surface area contributed by atoms with Crippen molar-refractivity contribution >= 4 is 17.4 Å². The molecule has 0 spiro atoms. The van der Waals surface area contributed by atoms with Crippen LogP contribution in [0.3, 0.4) is 0 Å². The summed E-state index contributed by atoms with van der Waals surface area (Å²) < 4.78 is 0. The smallest absolute Gasteiger partial charge is 0.224 e. The normalized spacial score (nSPS) is 29.8. The van der Waals surface area contributed by atoms with Crippen molar-refractivity contribution in [3.63, 3.8) is 0 Å². The maximum absolute atomic E-state index is 5.92. The highest BCUT2D eigenvalue weighted by Crippen LogP contribution is 2.48. The van der Waals surface area contributed by atoms with Crippen LogP contribution in [-0.2, 0) is 0 Å². The number of rotatable bonds is 3. The molecule has 0 aliphatic heterocycles. The lowest BCUT2D eigenvalue weighted by atomic mass is 9.88. The van der Waals surface area contributed by atoms with Gasteiger partial charge in [-0.25, -0.2) is 9.97 Å². The van der Waals surface area contributed by atoms with E-state index in [1.807, 2.05) is 13.0 Å². The van der Waals surface area contributed by atoms with Crippen LogP contribution < -0.4 is 4.90 Å². The lowest BCUT2D eigenvalue weighted by Crippen LogP contribution is -2.29. The Kier molecular flexibility index (Phi) is 3.18. The molecule has 3 atom stereocenters. The van der Waals surface area contributed by atoms with Crippen molar-refractivity contribution in [3.8, 4) is 0 Å². The van der Waals surface area contributed by atoms with Gasteiger partial charge in [0.05, 0.1) is 0 Å². The molecule has 0 amide bonds. The van der Waals surface area contributed by atoms with Gasteiger partial charge in [0.2, 0.25) is 5.28 Å². The molecule has 3 rings (SSSR count). The topological polar surface area (TPSA) is 29.0 Å². The lowest BCUT2D eigenvalue weighted by Gasteiger charge is -2.28. The summed E-state index contributed by atoms with van der Waals surface area (Å²) in [6.45, 7) is 3.07. The second-order valence-electron chi connectivity index (χ2n) is 5.95. The molecule has 3 unspecified atom stereocenters. The van der Waals surface area contributed by atoms with E-state index >= 15 is 0 Å². The molecule has 3 nitrogen and oxygen atoms in total. The van der Waals surface area contributed by atoms with Crippen LogP contribution in [0.1, 0.15) is 31.4 Å². The van der Waals surface area contributed by atoms with Crippen molar-refractivity contribution in [3.05, 3.63) is 17.0 Å². The molecule has 0 radical (unpaired) electrons. The number of hydrogen-bond acceptors (Lipinski definition) is 3. The molecule has 2 aliphatic carbocycles. The minimum Gasteiger partial charge on any atom is -0.359 e. The molecular weight excluding hydrogens is 246 g/mol. The van der Waals surface area contributed by atoms with E-state index in [0.29, 0.717) is 5.28 Å². The molecule has 1 aromatic heterocycles. The van der Waals surface area contributed by atoms with Crippen LogP contribution in [0, 0.1) is 24.7 Å². The Morgan fingerprint density at radius 3 is 2.78 bits per heavy atom. The number of aryl methyl sites for hydroxylation is 1. The van der Waals surface area contributed by atoms with Crippen molar-refractivity contribution in [2.45, 2.75) is 32.6 Å². The molecule has 2 aliphatic rings. The number of nitrogens with zero attached hydrogens (tertiary/aromatic N) is 3. The summed E-state index contributed by atoms with van der Waals surface area (Å²) in [5.74, 6) is 3.76. The first kappa shape index (κ1) is 12.2. The fourth-order valence-corrected chi connectivity index (χ4v) is 3.98. The standard InChI is InChI=1S/C14H20ClN3/c1-9-5-13(17-14(15)16-9)18(2)8-12-7-10-3-4-11(12)6-10/h5,10-12H,3-4,6-8H2,1-2H3. The minimum atomic E-state index is 0.352. The molecule has 2 bridgehead atoms. The fourth-order valence-electron chi connectivity index (χ4n) is 3.76. The zero-order valence-electron chi connectivity index (χ0n) is 11.1. The summed E-state index contributed by atoms with van der Waals surface area (Å²) in [6, 6.07) is 2.01. The highest BCUT2D eigenvalue weighted by atomic mass is 35.5. The molecular formula is C14H20ClN3. The number of aromatic nitrogens is 2. The number of halogens is 1. The van der Waals surface area contributed by atoms with Crippen molar-refractivity contribution in [2.24, 2.45) is 17.8 Å². The second-order valence-corrected chi connectivity index (χ2v) is 6.29. The summed E-state index contributed by atoms with van der Waals surface area (Å²) in [4.78, 5) is 10.7. The zero-order chi connectivity index (χ0) is 12.7. The van der Waals surface area contributed by atoms with Gasteiger partial charge >= 0.3 is 0 Å². The van der Waals surface area contributed by atoms with Crippen molar-refractivity contribution in [1.29, 1.82) is 0 Å². The highest BCUT2D eigenvalue weighted by molar-refractivity contribution is 6.28. The van der Waals surface area contributed by atoms with E-state index in [9.17, 15) is 0 Å². The highest BCUT2D eigenvalue weighted by Gasteiger charge is 2.39. The fraction of sp³-hybridized carbons (Fsp3) is 0.714. The predicted octanol–water partition coefficient (Wildman–Crippen LogP) is 3.31. The molecule has 1 aromatic rings. The quantitative estimate of drug-likeness (QED) is 0.785. The second kappa shape index (κ2) is 4.69. The summed E-state index contributed by atoms with van der Waals surface area (Å²) in [6.07, 6.45) is 5.77. The third-order valence-electron chi connectivity index (χ3n) is 4.60. The van der Waals surface area contributed by atoms with Gasteiger partial charge in [0, 0.05) is 25.4 Å². The Labute approximate surface area is 114 Å². The summed E-state index contributed by atoms with van der Waals surface area (Å²) in [7, 11) is 2.12. The van der Waals surface area contributed by atoms with E-state index in [0.717, 1.165) is 35.8 Å². The largest absolute Gasteiger partial charge is 0.359 e. The van der Waals surface area contributed by atoms with Gasteiger partial charge < -0.3 is 4.90 Å². The molecule has 2 saturated carbocycles. The molecule has 18 heavy (non-hydrogen) atoms. The van der Waals surface area contributed by atoms with Crippen LogP contribution in [0.4, 0.5) is 5.82 Å². The van der Waals surface area contributed by atoms with Crippen LogP contribution >= 0.6 is 11.6 Å². The van der Waals surface area contributed by atoms with Crippen LogP contribution in [0.15, 0.2) is 6.07 Å². The molecule has 4 heteroatoms. The van der Waals surface area contributed by atoms with Crippen LogP contribution in [-0.4, -0.2) is 23.6 Å². The van der Waals surface area contributed by atoms with E-state index in [2.05, 4.69) is 21.9 Å². The first-order valence-corrected chi connectivity index (χ1v) is 7.22. The molecule has 0 N–H and O–H groups in total. The Morgan fingerprint density at radius 2 is 2.17 bits per heavy atom. The predicted molar refractivity (Wildman–Crippen MR) is 74.0 cm³/mol. The third kappa shape index (κ3) is 2.33. The number of fused-ring (bicyclic) bond motifs is 2. The Hall–Kier alpha value is -0.830. The van der Waals surface area contributed by atoms with Gasteiger partial charge in [-0.3, -0.25) is 0 Å². The van der Waals surface area contributed by atoms with Crippen LogP contribution in [0.25, 0.3) is 0 Å². The van der Waals surface area contributed by atoms with Gasteiger partial charge in [0.15, 0.2) is 0 Å². The Balaban J connectivity index is 1.69. The average Bonchev–Trinajstić information content (AvgIpc) is 2.89. The van der Waals surface area contributed by atoms with E-state index in [1.54, 1.807) is 0 Å². The van der Waals surface area contributed by atoms with E-state index in [4.69, 9.17) is 11.6 Å². The van der Waals surface area contributed by atoms with Gasteiger partial charge in [-0.15, -0.1) is 0 Å². The van der Waals surface area contributed by atoms with Crippen molar-refractivity contribution in [2.75, 3.05) is 18.5 Å². The Morgan fingerprint density at radius 1 is 1.33 bits per heavy atom. The molecule has 0 saturated heterocycles. The van der Waals surface area contributed by atoms with Crippen LogP contribution in [0.2, 0.25) is 5.28 Å². The first-order valence-electron chi connectivity index (χ1n) is 6.84. The van der Waals surface area contributed by atoms with Gasteiger partial charge in [-0.2, -0.15) is 0 Å². The van der Waals surface area contributed by atoms with Crippen molar-refractivity contribution < 1.29 is 0 Å². The zero-order valence-corrected chi connectivity index (χ0v) is 11.8. The minimum absolute atomic E-state index is 0.352. The monoisotopic (exact) mass is 265 g/mol. The summed E-state index contributed by atoms with van der Waals surface area (Å²) >= 11 is 5.92. The maximum Gasteiger partial charge on any atom is 0.224 e. The van der Waals surface area contributed by atoms with Gasteiger partial charge in [0.25, 0.3) is 0 Å². The van der Waals surface area contributed by atoms with E-state index in [1.165, 1.54) is 25.7 Å². The van der Waals surface area contributed by atoms with Crippen molar-refractivity contribution in [1.82, 2.24) is 9.97 Å². The molecule has 0 aromatic carbocycles. The lowest BCUT2D eigenvalue weighted by molar-refractivity contribution is 0.337. The molecule has 1 heterocycles. The molecule has 2 fully saturated rings. The molecule has 98 valence electrons. The number of hydrogen-bond donors (Lipinski definition) is 0. The first-order chi connectivity index (χ1) is 8.61. The summed E-state index contributed by atoms with van der Waals surface area (Å²) in [5.41, 5.74) is 0.935.